The minimum atomic E-state index is 0.0812. The Morgan fingerprint density at radius 1 is 0.417 bits per heavy atom. The third-order valence-corrected chi connectivity index (χ3v) is 13.6. The zero-order valence-electron chi connectivity index (χ0n) is 34.4. The highest BCUT2D eigenvalue weighted by Crippen LogP contribution is 2.50. The molecule has 3 aromatic heterocycles. The van der Waals surface area contributed by atoms with E-state index in [4.69, 9.17) is 9.97 Å². The molecule has 8 aromatic carbocycles. The third kappa shape index (κ3) is 5.16. The molecule has 60 heavy (non-hydrogen) atoms. The Morgan fingerprint density at radius 3 is 1.73 bits per heavy atom. The normalized spacial score (nSPS) is 14.8. The summed E-state index contributed by atoms with van der Waals surface area (Å²) in [6.07, 6.45) is 2.34. The van der Waals surface area contributed by atoms with E-state index in [0.29, 0.717) is 0 Å². The van der Waals surface area contributed by atoms with Crippen molar-refractivity contribution >= 4 is 65.4 Å². The van der Waals surface area contributed by atoms with Crippen LogP contribution in [0, 0.1) is 0 Å². The van der Waals surface area contributed by atoms with Gasteiger partial charge in [-0.15, -0.1) is 0 Å². The first-order chi connectivity index (χ1) is 29.2. The average Bonchev–Trinajstić information content (AvgIpc) is 3.78. The van der Waals surface area contributed by atoms with E-state index in [2.05, 4.69) is 201 Å². The number of para-hydroxylation sites is 3. The molecule has 0 spiro atoms. The molecule has 1 aliphatic carbocycles. The summed E-state index contributed by atoms with van der Waals surface area (Å²) in [5.41, 5.74) is 14.9. The molecule has 12 rings (SSSR count). The van der Waals surface area contributed by atoms with Crippen molar-refractivity contribution in [3.8, 4) is 33.9 Å². The molecule has 0 aliphatic heterocycles. The van der Waals surface area contributed by atoms with Crippen LogP contribution in [0.5, 0.6) is 0 Å². The number of aromatic nitrogens is 4. The van der Waals surface area contributed by atoms with Crippen LogP contribution < -0.4 is 0 Å². The molecule has 0 fully saturated rings. The predicted molar refractivity (Wildman–Crippen MR) is 252 cm³/mol. The van der Waals surface area contributed by atoms with Gasteiger partial charge in [-0.25, -0.2) is 9.97 Å². The minimum Gasteiger partial charge on any atom is -0.309 e. The van der Waals surface area contributed by atoms with Crippen LogP contribution in [0.4, 0.5) is 0 Å². The van der Waals surface area contributed by atoms with E-state index < -0.39 is 0 Å². The smallest absolute Gasteiger partial charge is 0.165 e. The summed E-state index contributed by atoms with van der Waals surface area (Å²) in [7, 11) is 0. The Labute approximate surface area is 349 Å². The van der Waals surface area contributed by atoms with Crippen molar-refractivity contribution < 1.29 is 0 Å². The molecule has 3 heterocycles. The Bertz CT molecular complexity index is 3520. The first kappa shape index (κ1) is 35.0. The van der Waals surface area contributed by atoms with E-state index >= 15 is 0 Å². The molecule has 0 saturated carbocycles. The molecule has 0 unspecified atom stereocenters. The van der Waals surface area contributed by atoms with Gasteiger partial charge in [0.2, 0.25) is 0 Å². The topological polar surface area (TPSA) is 35.6 Å². The zero-order valence-corrected chi connectivity index (χ0v) is 34.4. The molecular formula is C56H44N4. The summed E-state index contributed by atoms with van der Waals surface area (Å²) in [5, 5.41) is 7.44. The van der Waals surface area contributed by atoms with E-state index in [-0.39, 0.29) is 10.8 Å². The summed E-state index contributed by atoms with van der Waals surface area (Å²) < 4.78 is 4.89. The number of hydrogen-bond acceptors (Lipinski definition) is 2. The minimum absolute atomic E-state index is 0.0812. The van der Waals surface area contributed by atoms with Crippen molar-refractivity contribution in [2.45, 2.75) is 51.4 Å². The summed E-state index contributed by atoms with van der Waals surface area (Å²) >= 11 is 0. The van der Waals surface area contributed by atoms with Crippen molar-refractivity contribution in [3.05, 3.63) is 181 Å². The van der Waals surface area contributed by atoms with Crippen LogP contribution >= 0.6 is 0 Å². The standard InChI is InChI=1S/C56H44N4/c1-55(2)29-30-56(3,4)45-33-49-42(32-44(45)55)41-31-43-51(34-50(41)59(49)39-18-9-6-10-19-39)60(48-28-27-37-17-11-12-20-40(37)52(43)48)54-53(57-46-21-13-14-22-47(46)58-54)38-25-23-36(24-26-38)35-15-7-5-8-16-35/h5-28,31-34H,29-30H2,1-4H3. The highest BCUT2D eigenvalue weighted by molar-refractivity contribution is 6.25. The van der Waals surface area contributed by atoms with Gasteiger partial charge in [0.05, 0.1) is 33.1 Å². The largest absolute Gasteiger partial charge is 0.309 e. The average molecular weight is 773 g/mol. The number of rotatable bonds is 4. The highest BCUT2D eigenvalue weighted by Gasteiger charge is 2.38. The fraction of sp³-hybridized carbons (Fsp3) is 0.143. The molecule has 0 saturated heterocycles. The fourth-order valence-corrected chi connectivity index (χ4v) is 10.2. The van der Waals surface area contributed by atoms with Gasteiger partial charge in [-0.05, 0) is 111 Å². The molecule has 1 aliphatic rings. The van der Waals surface area contributed by atoms with Crippen LogP contribution in [-0.2, 0) is 10.8 Å². The molecule has 0 bridgehead atoms. The summed E-state index contributed by atoms with van der Waals surface area (Å²) in [6, 6.07) is 61.8. The van der Waals surface area contributed by atoms with Crippen LogP contribution in [0.15, 0.2) is 170 Å². The van der Waals surface area contributed by atoms with Crippen molar-refractivity contribution in [1.29, 1.82) is 0 Å². The van der Waals surface area contributed by atoms with Crippen LogP contribution in [0.1, 0.15) is 51.7 Å². The first-order valence-corrected chi connectivity index (χ1v) is 21.2. The fourth-order valence-electron chi connectivity index (χ4n) is 10.2. The number of benzene rings is 8. The lowest BCUT2D eigenvalue weighted by Gasteiger charge is -2.42. The van der Waals surface area contributed by atoms with Crippen LogP contribution in [0.2, 0.25) is 0 Å². The molecule has 11 aromatic rings. The molecule has 288 valence electrons. The number of nitrogens with zero attached hydrogens (tertiary/aromatic N) is 4. The van der Waals surface area contributed by atoms with Gasteiger partial charge < -0.3 is 4.57 Å². The zero-order chi connectivity index (χ0) is 40.3. The van der Waals surface area contributed by atoms with Crippen molar-refractivity contribution in [3.63, 3.8) is 0 Å². The Hall–Kier alpha value is -7.04. The van der Waals surface area contributed by atoms with Crippen LogP contribution in [0.25, 0.3) is 99.3 Å². The second kappa shape index (κ2) is 12.7. The van der Waals surface area contributed by atoms with Crippen molar-refractivity contribution in [2.24, 2.45) is 0 Å². The monoisotopic (exact) mass is 772 g/mol. The maximum Gasteiger partial charge on any atom is 0.165 e. The maximum absolute atomic E-state index is 5.54. The lowest BCUT2D eigenvalue weighted by molar-refractivity contribution is 0.332. The number of hydrogen-bond donors (Lipinski definition) is 0. The van der Waals surface area contributed by atoms with Gasteiger partial charge in [0.25, 0.3) is 0 Å². The van der Waals surface area contributed by atoms with E-state index in [0.717, 1.165) is 44.8 Å². The van der Waals surface area contributed by atoms with Crippen molar-refractivity contribution in [1.82, 2.24) is 19.1 Å². The highest BCUT2D eigenvalue weighted by atomic mass is 15.1. The molecule has 4 heteroatoms. The van der Waals surface area contributed by atoms with E-state index in [1.807, 2.05) is 6.07 Å². The van der Waals surface area contributed by atoms with Crippen LogP contribution in [0.3, 0.4) is 0 Å². The maximum atomic E-state index is 5.54. The van der Waals surface area contributed by atoms with Gasteiger partial charge in [0.1, 0.15) is 5.69 Å². The van der Waals surface area contributed by atoms with E-state index in [1.54, 1.807) is 0 Å². The Morgan fingerprint density at radius 2 is 0.983 bits per heavy atom. The first-order valence-electron chi connectivity index (χ1n) is 21.2. The van der Waals surface area contributed by atoms with Gasteiger partial charge in [0.15, 0.2) is 5.82 Å². The third-order valence-electron chi connectivity index (χ3n) is 13.6. The molecule has 4 nitrogen and oxygen atoms in total. The summed E-state index contributed by atoms with van der Waals surface area (Å²) in [4.78, 5) is 11.0. The van der Waals surface area contributed by atoms with Gasteiger partial charge >= 0.3 is 0 Å². The van der Waals surface area contributed by atoms with Crippen LogP contribution in [-0.4, -0.2) is 19.1 Å². The molecule has 0 radical (unpaired) electrons. The summed E-state index contributed by atoms with van der Waals surface area (Å²) in [5.74, 6) is 0.817. The van der Waals surface area contributed by atoms with Gasteiger partial charge in [-0.1, -0.05) is 143 Å². The molecule has 0 N–H and O–H groups in total. The molecular weight excluding hydrogens is 729 g/mol. The van der Waals surface area contributed by atoms with Gasteiger partial charge in [-0.2, -0.15) is 0 Å². The van der Waals surface area contributed by atoms with Gasteiger partial charge in [-0.3, -0.25) is 4.57 Å². The number of fused-ring (bicyclic) bond motifs is 10. The lowest BCUT2D eigenvalue weighted by Crippen LogP contribution is -2.33. The second-order valence-corrected chi connectivity index (χ2v) is 18.1. The molecule has 0 atom stereocenters. The van der Waals surface area contributed by atoms with E-state index in [9.17, 15) is 0 Å². The summed E-state index contributed by atoms with van der Waals surface area (Å²) in [6.45, 7) is 9.71. The SMILES string of the molecule is CC1(C)CCC(C)(C)c2cc3c(cc21)c1cc2c4c5ccccc5ccc4n(-c4nc5ccccc5nc4-c4ccc(-c5ccccc5)cc4)c2cc1n3-c1ccccc1. The van der Waals surface area contributed by atoms with Crippen molar-refractivity contribution in [2.75, 3.05) is 0 Å². The molecule has 0 amide bonds. The van der Waals surface area contributed by atoms with E-state index in [1.165, 1.54) is 78.4 Å². The second-order valence-electron chi connectivity index (χ2n) is 18.1. The van der Waals surface area contributed by atoms with Gasteiger partial charge in [0, 0.05) is 32.8 Å². The lowest BCUT2D eigenvalue weighted by atomic mass is 9.63. The quantitative estimate of drug-likeness (QED) is 0.179. The predicted octanol–water partition coefficient (Wildman–Crippen LogP) is 14.7. The Kier molecular flexibility index (Phi) is 7.41. The Balaban J connectivity index is 1.23.